The van der Waals surface area contributed by atoms with Gasteiger partial charge in [-0.05, 0) is 48.7 Å². The Morgan fingerprint density at radius 1 is 1.29 bits per heavy atom. The summed E-state index contributed by atoms with van der Waals surface area (Å²) in [6, 6.07) is 9.49. The maximum absolute atomic E-state index is 11.7. The fourth-order valence-corrected chi connectivity index (χ4v) is 2.75. The van der Waals surface area contributed by atoms with Crippen LogP contribution in [0.3, 0.4) is 0 Å². The number of hydrogen-bond acceptors (Lipinski definition) is 5. The third-order valence-electron chi connectivity index (χ3n) is 4.05. The van der Waals surface area contributed by atoms with Crippen molar-refractivity contribution in [1.29, 1.82) is 0 Å². The SMILES string of the molecule is CC1(C(=O)O)CCCCN1c1nnnn1-c1ccccc1. The van der Waals surface area contributed by atoms with Crippen LogP contribution >= 0.6 is 0 Å². The van der Waals surface area contributed by atoms with Crippen molar-refractivity contribution >= 4 is 11.9 Å². The first-order valence-corrected chi connectivity index (χ1v) is 6.98. The largest absolute Gasteiger partial charge is 0.480 e. The number of piperidine rings is 1. The number of carboxylic acid groups (broad SMARTS) is 1. The van der Waals surface area contributed by atoms with Crippen LogP contribution in [0.4, 0.5) is 5.95 Å². The molecule has 1 atom stereocenters. The molecule has 1 saturated heterocycles. The highest BCUT2D eigenvalue weighted by molar-refractivity contribution is 5.82. The van der Waals surface area contributed by atoms with E-state index in [4.69, 9.17) is 0 Å². The third-order valence-corrected chi connectivity index (χ3v) is 4.05. The second-order valence-corrected chi connectivity index (χ2v) is 5.41. The van der Waals surface area contributed by atoms with Gasteiger partial charge >= 0.3 is 5.97 Å². The zero-order chi connectivity index (χ0) is 14.9. The Balaban J connectivity index is 2.04. The maximum atomic E-state index is 11.7. The second-order valence-electron chi connectivity index (χ2n) is 5.41. The van der Waals surface area contributed by atoms with E-state index in [1.807, 2.05) is 30.3 Å². The Kier molecular flexibility index (Phi) is 3.32. The van der Waals surface area contributed by atoms with Crippen LogP contribution in [-0.2, 0) is 4.79 Å². The van der Waals surface area contributed by atoms with E-state index >= 15 is 0 Å². The molecule has 2 heterocycles. The predicted octanol–water partition coefficient (Wildman–Crippen LogP) is 1.50. The number of hydrogen-bond donors (Lipinski definition) is 1. The molecule has 0 saturated carbocycles. The van der Waals surface area contributed by atoms with Gasteiger partial charge in [-0.15, -0.1) is 0 Å². The van der Waals surface area contributed by atoms with E-state index in [9.17, 15) is 9.90 Å². The summed E-state index contributed by atoms with van der Waals surface area (Å²) < 4.78 is 1.59. The highest BCUT2D eigenvalue weighted by atomic mass is 16.4. The van der Waals surface area contributed by atoms with Crippen LogP contribution in [0.1, 0.15) is 26.2 Å². The highest BCUT2D eigenvalue weighted by Crippen LogP contribution is 2.32. The van der Waals surface area contributed by atoms with Crippen molar-refractivity contribution < 1.29 is 9.90 Å². The molecular weight excluding hydrogens is 270 g/mol. The van der Waals surface area contributed by atoms with Crippen molar-refractivity contribution in [2.45, 2.75) is 31.7 Å². The van der Waals surface area contributed by atoms with Gasteiger partial charge < -0.3 is 10.0 Å². The number of carbonyl (C=O) groups is 1. The predicted molar refractivity (Wildman–Crippen MR) is 76.4 cm³/mol. The van der Waals surface area contributed by atoms with Gasteiger partial charge in [0.1, 0.15) is 5.54 Å². The number of nitrogens with zero attached hydrogens (tertiary/aromatic N) is 5. The quantitative estimate of drug-likeness (QED) is 0.921. The van der Waals surface area contributed by atoms with Gasteiger partial charge in [0.15, 0.2) is 0 Å². The molecule has 2 aromatic rings. The number of para-hydroxylation sites is 1. The van der Waals surface area contributed by atoms with Gasteiger partial charge in [0.25, 0.3) is 5.95 Å². The minimum Gasteiger partial charge on any atom is -0.480 e. The van der Waals surface area contributed by atoms with Gasteiger partial charge in [0.2, 0.25) is 0 Å². The topological polar surface area (TPSA) is 84.1 Å². The Bertz CT molecular complexity index is 642. The van der Waals surface area contributed by atoms with Gasteiger partial charge in [-0.1, -0.05) is 23.3 Å². The molecule has 0 radical (unpaired) electrons. The van der Waals surface area contributed by atoms with E-state index in [2.05, 4.69) is 15.5 Å². The lowest BCUT2D eigenvalue weighted by Gasteiger charge is -2.41. The van der Waals surface area contributed by atoms with Crippen molar-refractivity contribution in [3.63, 3.8) is 0 Å². The van der Waals surface area contributed by atoms with Crippen molar-refractivity contribution in [2.75, 3.05) is 11.4 Å². The smallest absolute Gasteiger partial charge is 0.329 e. The molecule has 1 aliphatic rings. The first-order chi connectivity index (χ1) is 10.1. The van der Waals surface area contributed by atoms with Crippen LogP contribution in [-0.4, -0.2) is 43.4 Å². The van der Waals surface area contributed by atoms with Crippen molar-refractivity contribution in [1.82, 2.24) is 20.2 Å². The number of aromatic nitrogens is 4. The zero-order valence-corrected chi connectivity index (χ0v) is 11.8. The normalized spacial score (nSPS) is 22.2. The van der Waals surface area contributed by atoms with Crippen molar-refractivity contribution in [3.05, 3.63) is 30.3 Å². The number of carboxylic acids is 1. The molecule has 7 heteroatoms. The molecule has 0 spiro atoms. The number of rotatable bonds is 3. The summed E-state index contributed by atoms with van der Waals surface area (Å²) in [5.74, 6) is -0.365. The first-order valence-electron chi connectivity index (χ1n) is 6.98. The van der Waals surface area contributed by atoms with Gasteiger partial charge in [-0.2, -0.15) is 4.68 Å². The van der Waals surface area contributed by atoms with Gasteiger partial charge in [-0.25, -0.2) is 4.79 Å². The van der Waals surface area contributed by atoms with E-state index in [1.54, 1.807) is 16.5 Å². The fraction of sp³-hybridized carbons (Fsp3) is 0.429. The van der Waals surface area contributed by atoms with Crippen molar-refractivity contribution in [3.8, 4) is 5.69 Å². The number of aliphatic carboxylic acids is 1. The molecular formula is C14H17N5O2. The Labute approximate surface area is 122 Å². The molecule has 21 heavy (non-hydrogen) atoms. The summed E-state index contributed by atoms with van der Waals surface area (Å²) >= 11 is 0. The monoisotopic (exact) mass is 287 g/mol. The lowest BCUT2D eigenvalue weighted by molar-refractivity contribution is -0.143. The van der Waals surface area contributed by atoms with Crippen LogP contribution < -0.4 is 4.90 Å². The Morgan fingerprint density at radius 2 is 2.05 bits per heavy atom. The van der Waals surface area contributed by atoms with E-state index < -0.39 is 11.5 Å². The minimum absolute atomic E-state index is 0.478. The first kappa shape index (κ1) is 13.5. The summed E-state index contributed by atoms with van der Waals surface area (Å²) in [5, 5.41) is 21.4. The molecule has 1 aromatic carbocycles. The average molecular weight is 287 g/mol. The molecule has 0 amide bonds. The van der Waals surface area contributed by atoms with Crippen LogP contribution in [0, 0.1) is 0 Å². The summed E-state index contributed by atoms with van der Waals surface area (Å²) in [6.45, 7) is 2.37. The molecule has 0 bridgehead atoms. The standard InChI is InChI=1S/C14H17N5O2/c1-14(12(20)21)9-5-6-10-18(14)13-15-16-17-19(13)11-7-3-2-4-8-11/h2-4,7-8H,5-6,9-10H2,1H3,(H,20,21). The lowest BCUT2D eigenvalue weighted by Crippen LogP contribution is -2.56. The Morgan fingerprint density at radius 3 is 2.76 bits per heavy atom. The van der Waals surface area contributed by atoms with Gasteiger partial charge in [-0.3, -0.25) is 0 Å². The summed E-state index contributed by atoms with van der Waals surface area (Å²) in [4.78, 5) is 13.5. The number of tetrazole rings is 1. The van der Waals surface area contributed by atoms with Crippen LogP contribution in [0.25, 0.3) is 5.69 Å². The van der Waals surface area contributed by atoms with Crippen LogP contribution in [0.15, 0.2) is 30.3 Å². The molecule has 1 unspecified atom stereocenters. The molecule has 3 rings (SSSR count). The molecule has 1 aromatic heterocycles. The summed E-state index contributed by atoms with van der Waals surface area (Å²) in [6.07, 6.45) is 2.42. The average Bonchev–Trinajstić information content (AvgIpc) is 2.97. The van der Waals surface area contributed by atoms with E-state index in [0.29, 0.717) is 18.9 Å². The molecule has 1 N–H and O–H groups in total. The lowest BCUT2D eigenvalue weighted by atomic mass is 9.89. The molecule has 0 aliphatic carbocycles. The third kappa shape index (κ3) is 2.24. The minimum atomic E-state index is -0.973. The second kappa shape index (κ2) is 5.16. The van der Waals surface area contributed by atoms with Crippen molar-refractivity contribution in [2.24, 2.45) is 0 Å². The Hall–Kier alpha value is -2.44. The van der Waals surface area contributed by atoms with Gasteiger partial charge in [0.05, 0.1) is 5.69 Å². The molecule has 110 valence electrons. The summed E-state index contributed by atoms with van der Waals surface area (Å²) in [5.41, 5.74) is -0.157. The highest BCUT2D eigenvalue weighted by Gasteiger charge is 2.43. The molecule has 7 nitrogen and oxygen atoms in total. The van der Waals surface area contributed by atoms with E-state index in [0.717, 1.165) is 18.5 Å². The van der Waals surface area contributed by atoms with E-state index in [-0.39, 0.29) is 0 Å². The fourth-order valence-electron chi connectivity index (χ4n) is 2.75. The van der Waals surface area contributed by atoms with E-state index in [1.165, 1.54) is 0 Å². The van der Waals surface area contributed by atoms with Crippen LogP contribution in [0.5, 0.6) is 0 Å². The molecule has 1 aliphatic heterocycles. The maximum Gasteiger partial charge on any atom is 0.329 e. The number of benzene rings is 1. The summed E-state index contributed by atoms with van der Waals surface area (Å²) in [7, 11) is 0. The van der Waals surface area contributed by atoms with Crippen LogP contribution in [0.2, 0.25) is 0 Å². The molecule has 1 fully saturated rings. The zero-order valence-electron chi connectivity index (χ0n) is 11.8. The number of anilines is 1. The van der Waals surface area contributed by atoms with Gasteiger partial charge in [0, 0.05) is 6.54 Å².